The van der Waals surface area contributed by atoms with Gasteiger partial charge in [0, 0.05) is 47.0 Å². The first kappa shape index (κ1) is 21.2. The molecule has 3 heterocycles. The van der Waals surface area contributed by atoms with Crippen LogP contribution in [0.1, 0.15) is 51.6 Å². The van der Waals surface area contributed by atoms with E-state index in [1.165, 1.54) is 11.1 Å². The second-order valence-corrected chi connectivity index (χ2v) is 9.62. The highest BCUT2D eigenvalue weighted by molar-refractivity contribution is 6.30. The maximum absolute atomic E-state index is 12.7. The summed E-state index contributed by atoms with van der Waals surface area (Å²) in [5, 5.41) is 17.2. The lowest BCUT2D eigenvalue weighted by atomic mass is 10.0. The Morgan fingerprint density at radius 2 is 2.03 bits per heavy atom. The predicted octanol–water partition coefficient (Wildman–Crippen LogP) is 4.25. The molecule has 3 amide bonds. The quantitative estimate of drug-likeness (QED) is 0.442. The van der Waals surface area contributed by atoms with Gasteiger partial charge in [0.1, 0.15) is 0 Å². The molecule has 9 heteroatoms. The topological polar surface area (TPSA) is 102 Å². The smallest absolute Gasteiger partial charge is 0.324 e. The number of fused-ring (bicyclic) bond motifs is 4. The molecule has 174 valence electrons. The average molecular weight is 477 g/mol. The standard InChI is InChI=1S/C25H25ClN6O2/c26-16-7-6-14-10-17(11-15(14)9-16)27-13-18-12-22(31-30-18)29-25(34)28-20-4-1-3-19-23(20)21-5-2-8-32(21)24(19)33/h1,3-4,6-7,9,12,17,21,27H,2,5,8,10-11,13H2,(H3,28,29,30,31,34). The van der Waals surface area contributed by atoms with E-state index in [-0.39, 0.29) is 18.0 Å². The summed E-state index contributed by atoms with van der Waals surface area (Å²) in [5.74, 6) is 0.501. The van der Waals surface area contributed by atoms with Crippen molar-refractivity contribution in [2.24, 2.45) is 0 Å². The van der Waals surface area contributed by atoms with Gasteiger partial charge in [-0.2, -0.15) is 5.10 Å². The number of benzene rings is 2. The second-order valence-electron chi connectivity index (χ2n) is 9.18. The molecule has 0 saturated carbocycles. The van der Waals surface area contributed by atoms with Gasteiger partial charge in [-0.1, -0.05) is 23.7 Å². The summed E-state index contributed by atoms with van der Waals surface area (Å²) in [4.78, 5) is 27.2. The molecule has 3 aromatic rings. The minimum absolute atomic E-state index is 0.0551. The van der Waals surface area contributed by atoms with Crippen molar-refractivity contribution in [3.8, 4) is 0 Å². The molecule has 6 rings (SSSR count). The maximum Gasteiger partial charge on any atom is 0.324 e. The van der Waals surface area contributed by atoms with E-state index in [2.05, 4.69) is 32.2 Å². The third kappa shape index (κ3) is 3.82. The van der Waals surface area contributed by atoms with Gasteiger partial charge in [-0.3, -0.25) is 15.2 Å². The molecule has 2 unspecified atom stereocenters. The Labute approximate surface area is 202 Å². The molecule has 2 aliphatic heterocycles. The zero-order valence-corrected chi connectivity index (χ0v) is 19.3. The van der Waals surface area contributed by atoms with Crippen molar-refractivity contribution < 1.29 is 9.59 Å². The average Bonchev–Trinajstić information content (AvgIpc) is 3.59. The van der Waals surface area contributed by atoms with Crippen LogP contribution in [-0.2, 0) is 19.4 Å². The van der Waals surface area contributed by atoms with Gasteiger partial charge in [0.25, 0.3) is 5.91 Å². The first-order valence-electron chi connectivity index (χ1n) is 11.6. The van der Waals surface area contributed by atoms with Gasteiger partial charge in [0.15, 0.2) is 5.82 Å². The summed E-state index contributed by atoms with van der Waals surface area (Å²) < 4.78 is 0. The summed E-state index contributed by atoms with van der Waals surface area (Å²) >= 11 is 6.11. The van der Waals surface area contributed by atoms with Crippen molar-refractivity contribution >= 4 is 35.0 Å². The number of urea groups is 1. The van der Waals surface area contributed by atoms with Gasteiger partial charge in [0.2, 0.25) is 0 Å². The fourth-order valence-electron chi connectivity index (χ4n) is 5.46. The summed E-state index contributed by atoms with van der Waals surface area (Å²) in [6, 6.07) is 13.4. The van der Waals surface area contributed by atoms with Crippen LogP contribution in [0.2, 0.25) is 5.02 Å². The van der Waals surface area contributed by atoms with Crippen LogP contribution in [-0.4, -0.2) is 39.6 Å². The molecule has 1 aliphatic carbocycles. The summed E-state index contributed by atoms with van der Waals surface area (Å²) in [6.07, 6.45) is 3.82. The van der Waals surface area contributed by atoms with E-state index in [9.17, 15) is 9.59 Å². The molecule has 3 aliphatic rings. The number of aromatic nitrogens is 2. The van der Waals surface area contributed by atoms with Crippen molar-refractivity contribution in [2.45, 2.75) is 44.3 Å². The van der Waals surface area contributed by atoms with Gasteiger partial charge < -0.3 is 15.5 Å². The number of rotatable bonds is 5. The molecular weight excluding hydrogens is 452 g/mol. The van der Waals surface area contributed by atoms with Crippen LogP contribution in [0.5, 0.6) is 0 Å². The number of nitrogens with zero attached hydrogens (tertiary/aromatic N) is 2. The van der Waals surface area contributed by atoms with Crippen LogP contribution in [0.3, 0.4) is 0 Å². The largest absolute Gasteiger partial charge is 0.331 e. The fraction of sp³-hybridized carbons (Fsp3) is 0.320. The van der Waals surface area contributed by atoms with Crippen molar-refractivity contribution in [3.63, 3.8) is 0 Å². The minimum Gasteiger partial charge on any atom is -0.331 e. The zero-order valence-electron chi connectivity index (χ0n) is 18.5. The van der Waals surface area contributed by atoms with E-state index in [4.69, 9.17) is 11.6 Å². The highest BCUT2D eigenvalue weighted by Gasteiger charge is 2.41. The molecule has 0 spiro atoms. The van der Waals surface area contributed by atoms with E-state index in [1.807, 2.05) is 41.3 Å². The van der Waals surface area contributed by atoms with E-state index in [0.717, 1.165) is 48.5 Å². The number of H-pyrrole nitrogens is 1. The minimum atomic E-state index is -0.383. The molecule has 1 aromatic heterocycles. The normalized spacial score (nSPS) is 20.3. The SMILES string of the molecule is O=C(Nc1cc(CNC2Cc3ccc(Cl)cc3C2)[nH]n1)Nc1cccc2c1C1CCCN1C2=O. The lowest BCUT2D eigenvalue weighted by Gasteiger charge is -2.17. The summed E-state index contributed by atoms with van der Waals surface area (Å²) in [5.41, 5.74) is 5.80. The molecule has 0 radical (unpaired) electrons. The number of nitrogens with one attached hydrogen (secondary N) is 4. The molecule has 0 bridgehead atoms. The fourth-order valence-corrected chi connectivity index (χ4v) is 5.65. The first-order valence-corrected chi connectivity index (χ1v) is 12.0. The Kier molecular flexibility index (Phi) is 5.27. The molecule has 1 saturated heterocycles. The third-order valence-corrected chi connectivity index (χ3v) is 7.22. The Balaban J connectivity index is 1.06. The summed E-state index contributed by atoms with van der Waals surface area (Å²) in [7, 11) is 0. The lowest BCUT2D eigenvalue weighted by molar-refractivity contribution is 0.0776. The van der Waals surface area contributed by atoms with Crippen LogP contribution in [0.25, 0.3) is 0 Å². The molecule has 34 heavy (non-hydrogen) atoms. The molecule has 2 atom stereocenters. The van der Waals surface area contributed by atoms with Gasteiger partial charge >= 0.3 is 6.03 Å². The molecule has 1 fully saturated rings. The van der Waals surface area contributed by atoms with Crippen molar-refractivity contribution in [3.05, 3.63) is 75.4 Å². The van der Waals surface area contributed by atoms with Crippen LogP contribution < -0.4 is 16.0 Å². The molecule has 8 nitrogen and oxygen atoms in total. The van der Waals surface area contributed by atoms with E-state index < -0.39 is 0 Å². The summed E-state index contributed by atoms with van der Waals surface area (Å²) in [6.45, 7) is 1.39. The Morgan fingerprint density at radius 1 is 1.15 bits per heavy atom. The van der Waals surface area contributed by atoms with Crippen molar-refractivity contribution in [2.75, 3.05) is 17.2 Å². The van der Waals surface area contributed by atoms with Crippen LogP contribution >= 0.6 is 11.6 Å². The third-order valence-electron chi connectivity index (χ3n) is 6.99. The number of hydrogen-bond donors (Lipinski definition) is 4. The van der Waals surface area contributed by atoms with Crippen molar-refractivity contribution in [1.82, 2.24) is 20.4 Å². The number of carbonyl (C=O) groups is 2. The van der Waals surface area contributed by atoms with Crippen LogP contribution in [0, 0.1) is 0 Å². The molecular formula is C25H25ClN6O2. The number of aromatic amines is 1. The second kappa shape index (κ2) is 8.45. The van der Waals surface area contributed by atoms with E-state index in [0.29, 0.717) is 29.7 Å². The van der Waals surface area contributed by atoms with Crippen molar-refractivity contribution in [1.29, 1.82) is 0 Å². The Morgan fingerprint density at radius 3 is 2.94 bits per heavy atom. The van der Waals surface area contributed by atoms with Crippen LogP contribution in [0.4, 0.5) is 16.3 Å². The van der Waals surface area contributed by atoms with E-state index >= 15 is 0 Å². The monoisotopic (exact) mass is 476 g/mol. The number of amides is 3. The Hall–Kier alpha value is -3.36. The highest BCUT2D eigenvalue weighted by atomic mass is 35.5. The highest BCUT2D eigenvalue weighted by Crippen LogP contribution is 2.44. The maximum atomic E-state index is 12.7. The number of hydrogen-bond acceptors (Lipinski definition) is 4. The molecule has 4 N–H and O–H groups in total. The van der Waals surface area contributed by atoms with Gasteiger partial charge in [-0.25, -0.2) is 4.79 Å². The number of carbonyl (C=O) groups excluding carboxylic acids is 2. The Bertz CT molecular complexity index is 1290. The predicted molar refractivity (Wildman–Crippen MR) is 130 cm³/mol. The van der Waals surface area contributed by atoms with Gasteiger partial charge in [0.05, 0.1) is 11.7 Å². The first-order chi connectivity index (χ1) is 16.5. The van der Waals surface area contributed by atoms with Gasteiger partial charge in [-0.05, 0) is 61.1 Å². The number of anilines is 2. The molecule has 2 aromatic carbocycles. The zero-order chi connectivity index (χ0) is 23.2. The lowest BCUT2D eigenvalue weighted by Crippen LogP contribution is -2.29. The number of halogens is 1. The van der Waals surface area contributed by atoms with Gasteiger partial charge in [-0.15, -0.1) is 0 Å². The van der Waals surface area contributed by atoms with Crippen LogP contribution in [0.15, 0.2) is 42.5 Å². The van der Waals surface area contributed by atoms with E-state index in [1.54, 1.807) is 0 Å².